The largest absolute Gasteiger partial charge is 0.268 e. The van der Waals surface area contributed by atoms with Crippen LogP contribution in [0.25, 0.3) is 16.9 Å². The molecule has 0 amide bonds. The molecular weight excluding hydrogens is 388 g/mol. The minimum atomic E-state index is -0.0633. The van der Waals surface area contributed by atoms with E-state index < -0.39 is 0 Å². The van der Waals surface area contributed by atoms with Crippen molar-refractivity contribution in [1.29, 1.82) is 0 Å². The third kappa shape index (κ3) is 3.04. The summed E-state index contributed by atoms with van der Waals surface area (Å²) in [6, 6.07) is 16.7. The molecule has 0 bridgehead atoms. The summed E-state index contributed by atoms with van der Waals surface area (Å²) in [6.45, 7) is 4.25. The van der Waals surface area contributed by atoms with Crippen molar-refractivity contribution >= 4 is 11.8 Å². The van der Waals surface area contributed by atoms with E-state index in [1.165, 1.54) is 18.4 Å². The Balaban J connectivity index is 1.85. The van der Waals surface area contributed by atoms with Crippen LogP contribution in [0.4, 0.5) is 0 Å². The van der Waals surface area contributed by atoms with Gasteiger partial charge < -0.3 is 0 Å². The summed E-state index contributed by atoms with van der Waals surface area (Å²) in [4.78, 5) is 19.4. The highest BCUT2D eigenvalue weighted by molar-refractivity contribution is 7.99. The second kappa shape index (κ2) is 7.73. The number of hydrogen-bond acceptors (Lipinski definition) is 3. The molecule has 0 radical (unpaired) electrons. The summed E-state index contributed by atoms with van der Waals surface area (Å²) in [7, 11) is 0. The van der Waals surface area contributed by atoms with Gasteiger partial charge in [-0.05, 0) is 49.8 Å². The highest BCUT2D eigenvalue weighted by Gasteiger charge is 2.44. The number of para-hydroxylation sites is 1. The molecule has 0 unspecified atom stereocenters. The van der Waals surface area contributed by atoms with Crippen LogP contribution in [-0.4, -0.2) is 15.3 Å². The molecule has 0 saturated heterocycles. The maximum absolute atomic E-state index is 14.2. The van der Waals surface area contributed by atoms with Crippen LogP contribution < -0.4 is 5.56 Å². The molecule has 5 rings (SSSR count). The van der Waals surface area contributed by atoms with E-state index in [1.807, 2.05) is 16.7 Å². The van der Waals surface area contributed by atoms with E-state index in [2.05, 4.69) is 50.2 Å². The summed E-state index contributed by atoms with van der Waals surface area (Å²) in [5.74, 6) is 0.948. The molecule has 4 heteroatoms. The second-order valence-corrected chi connectivity index (χ2v) is 9.78. The smallest absolute Gasteiger partial charge is 0.263 e. The summed E-state index contributed by atoms with van der Waals surface area (Å²) >= 11 is 1.70. The van der Waals surface area contributed by atoms with Crippen LogP contribution in [-0.2, 0) is 11.8 Å². The topological polar surface area (TPSA) is 34.9 Å². The van der Waals surface area contributed by atoms with Crippen molar-refractivity contribution in [3.05, 3.63) is 75.6 Å². The molecule has 2 aliphatic rings. The Kier molecular flexibility index (Phi) is 5.06. The first-order valence-electron chi connectivity index (χ1n) is 11.1. The van der Waals surface area contributed by atoms with Crippen molar-refractivity contribution in [2.45, 2.75) is 62.9 Å². The molecule has 2 aromatic carbocycles. The highest BCUT2D eigenvalue weighted by atomic mass is 32.2. The molecule has 2 aliphatic carbocycles. The molecule has 1 aromatic heterocycles. The van der Waals surface area contributed by atoms with Crippen molar-refractivity contribution in [3.63, 3.8) is 0 Å². The summed E-state index contributed by atoms with van der Waals surface area (Å²) in [6.07, 6.45) is 6.56. The molecule has 30 heavy (non-hydrogen) atoms. The first-order chi connectivity index (χ1) is 14.6. The fraction of sp³-hybridized carbons (Fsp3) is 0.385. The van der Waals surface area contributed by atoms with Gasteiger partial charge in [-0.15, -0.1) is 0 Å². The standard InChI is InChI=1S/C26H28N2OS/c1-3-16-30-25-27-23-20-12-6-5-11-19(20)17-26(14-8-9-15-26)22(23)24(29)28(25)21-13-7-4-10-18(21)2/h4-7,10-13H,3,8-9,14-17H2,1-2H3. The highest BCUT2D eigenvalue weighted by Crippen LogP contribution is 2.50. The lowest BCUT2D eigenvalue weighted by molar-refractivity contribution is 0.422. The third-order valence-corrected chi connectivity index (χ3v) is 7.88. The molecule has 0 atom stereocenters. The van der Waals surface area contributed by atoms with Crippen molar-refractivity contribution in [2.75, 3.05) is 5.75 Å². The van der Waals surface area contributed by atoms with Gasteiger partial charge in [-0.1, -0.05) is 74.0 Å². The molecule has 1 fully saturated rings. The van der Waals surface area contributed by atoms with Crippen LogP contribution in [0, 0.1) is 6.92 Å². The summed E-state index contributed by atoms with van der Waals surface area (Å²) in [5, 5.41) is 0.819. The van der Waals surface area contributed by atoms with Crippen molar-refractivity contribution < 1.29 is 0 Å². The van der Waals surface area contributed by atoms with Gasteiger partial charge in [-0.3, -0.25) is 9.36 Å². The third-order valence-electron chi connectivity index (χ3n) is 6.74. The molecule has 3 nitrogen and oxygen atoms in total. The first kappa shape index (κ1) is 19.6. The van der Waals surface area contributed by atoms with Crippen molar-refractivity contribution in [3.8, 4) is 16.9 Å². The number of thioether (sulfide) groups is 1. The Morgan fingerprint density at radius 2 is 1.80 bits per heavy atom. The van der Waals surface area contributed by atoms with Crippen molar-refractivity contribution in [1.82, 2.24) is 9.55 Å². The van der Waals surface area contributed by atoms with E-state index in [9.17, 15) is 4.79 Å². The Hall–Kier alpha value is -2.33. The maximum Gasteiger partial charge on any atom is 0.263 e. The number of nitrogens with zero attached hydrogens (tertiary/aromatic N) is 2. The fourth-order valence-corrected chi connectivity index (χ4v) is 6.18. The number of rotatable bonds is 4. The Morgan fingerprint density at radius 3 is 2.57 bits per heavy atom. The summed E-state index contributed by atoms with van der Waals surface area (Å²) < 4.78 is 1.91. The van der Waals surface area contributed by atoms with Crippen LogP contribution in [0.15, 0.2) is 58.5 Å². The van der Waals surface area contributed by atoms with Gasteiger partial charge in [0.2, 0.25) is 0 Å². The van der Waals surface area contributed by atoms with Crippen LogP contribution in [0.5, 0.6) is 0 Å². The molecule has 1 spiro atoms. The van der Waals surface area contributed by atoms with Gasteiger partial charge in [-0.2, -0.15) is 0 Å². The Bertz CT molecular complexity index is 1160. The Morgan fingerprint density at radius 1 is 1.07 bits per heavy atom. The summed E-state index contributed by atoms with van der Waals surface area (Å²) in [5.41, 5.74) is 6.54. The minimum absolute atomic E-state index is 0.0633. The van der Waals surface area contributed by atoms with E-state index in [-0.39, 0.29) is 11.0 Å². The van der Waals surface area contributed by atoms with Gasteiger partial charge in [0.1, 0.15) is 0 Å². The first-order valence-corrected chi connectivity index (χ1v) is 12.1. The van der Waals surface area contributed by atoms with Crippen LogP contribution in [0.2, 0.25) is 0 Å². The molecule has 0 aliphatic heterocycles. The van der Waals surface area contributed by atoms with Gasteiger partial charge in [0.15, 0.2) is 5.16 Å². The number of benzene rings is 2. The van der Waals surface area contributed by atoms with Crippen LogP contribution in [0.1, 0.15) is 55.7 Å². The van der Waals surface area contributed by atoms with E-state index >= 15 is 0 Å². The van der Waals surface area contributed by atoms with E-state index in [1.54, 1.807) is 11.8 Å². The zero-order valence-electron chi connectivity index (χ0n) is 17.8. The van der Waals surface area contributed by atoms with Gasteiger partial charge in [-0.25, -0.2) is 4.98 Å². The number of fused-ring (bicyclic) bond motifs is 4. The van der Waals surface area contributed by atoms with E-state index in [0.29, 0.717) is 0 Å². The quantitative estimate of drug-likeness (QED) is 0.382. The van der Waals surface area contributed by atoms with Crippen LogP contribution in [0.3, 0.4) is 0 Å². The normalized spacial score (nSPS) is 16.5. The minimum Gasteiger partial charge on any atom is -0.268 e. The molecule has 1 heterocycles. The average Bonchev–Trinajstić information content (AvgIpc) is 3.21. The molecule has 3 aromatic rings. The lowest BCUT2D eigenvalue weighted by Gasteiger charge is -2.36. The zero-order chi connectivity index (χ0) is 20.7. The predicted molar refractivity (Wildman–Crippen MR) is 125 cm³/mol. The van der Waals surface area contributed by atoms with Gasteiger partial charge >= 0.3 is 0 Å². The molecule has 1 saturated carbocycles. The molecule has 154 valence electrons. The van der Waals surface area contributed by atoms with Gasteiger partial charge in [0, 0.05) is 16.7 Å². The average molecular weight is 417 g/mol. The van der Waals surface area contributed by atoms with Crippen LogP contribution >= 0.6 is 11.8 Å². The number of hydrogen-bond donors (Lipinski definition) is 0. The fourth-order valence-electron chi connectivity index (χ4n) is 5.33. The van der Waals surface area contributed by atoms with E-state index in [0.717, 1.165) is 64.7 Å². The van der Waals surface area contributed by atoms with Gasteiger partial charge in [0.05, 0.1) is 16.9 Å². The lowest BCUT2D eigenvalue weighted by Crippen LogP contribution is -2.40. The molecular formula is C26H28N2OS. The Labute approximate surface area is 182 Å². The SMILES string of the molecule is CCCSc1nc2c(c(=O)n1-c1ccccc1C)C1(CCCC1)Cc1ccccc1-2. The van der Waals surface area contributed by atoms with Gasteiger partial charge in [0.25, 0.3) is 5.56 Å². The van der Waals surface area contributed by atoms with E-state index in [4.69, 9.17) is 4.98 Å². The zero-order valence-corrected chi connectivity index (χ0v) is 18.6. The number of aromatic nitrogens is 2. The maximum atomic E-state index is 14.2. The molecule has 0 N–H and O–H groups in total. The monoisotopic (exact) mass is 416 g/mol. The number of aryl methyl sites for hydroxylation is 1. The van der Waals surface area contributed by atoms with Crippen molar-refractivity contribution in [2.24, 2.45) is 0 Å². The second-order valence-electron chi connectivity index (χ2n) is 8.71. The lowest BCUT2D eigenvalue weighted by atomic mass is 9.68. The predicted octanol–water partition coefficient (Wildman–Crippen LogP) is 6.08.